The van der Waals surface area contributed by atoms with Gasteiger partial charge in [0, 0.05) is 0 Å². The van der Waals surface area contributed by atoms with Crippen LogP contribution in [-0.2, 0) is 0 Å². The molecule has 0 amide bonds. The third-order valence-electron chi connectivity index (χ3n) is 0.894. The molecule has 0 unspecified atom stereocenters. The van der Waals surface area contributed by atoms with Crippen LogP contribution in [0.1, 0.15) is 0 Å². The van der Waals surface area contributed by atoms with Crippen LogP contribution in [0.5, 0.6) is 0 Å². The van der Waals surface area contributed by atoms with Gasteiger partial charge >= 0.3 is 35.6 Å². The predicted octanol–water partition coefficient (Wildman–Crippen LogP) is 4.17. The molecule has 0 bridgehead atoms. The summed E-state index contributed by atoms with van der Waals surface area (Å²) in [5, 5.41) is 0. The van der Waals surface area contributed by atoms with Crippen molar-refractivity contribution in [2.24, 2.45) is 0 Å². The zero-order valence-electron chi connectivity index (χ0n) is 12.5. The van der Waals surface area contributed by atoms with Gasteiger partial charge in [0.1, 0.15) is 0 Å². The molecule has 92 valence electrons. The summed E-state index contributed by atoms with van der Waals surface area (Å²) in [5.74, 6) is 0. The van der Waals surface area contributed by atoms with Crippen molar-refractivity contribution in [1.29, 1.82) is 0 Å². The van der Waals surface area contributed by atoms with E-state index in [0.717, 1.165) is 0 Å². The summed E-state index contributed by atoms with van der Waals surface area (Å²) in [6, 6.07) is 0. The maximum absolute atomic E-state index is 4.48. The Kier molecular flexibility index (Phi) is 28.2. The maximum atomic E-state index is 4.48. The van der Waals surface area contributed by atoms with E-state index in [2.05, 4.69) is 61.7 Å². The van der Waals surface area contributed by atoms with E-state index in [-0.39, 0.29) is 78.9 Å². The zero-order valence-corrected chi connectivity index (χ0v) is 20.1. The number of rotatable bonds is 4. The van der Waals surface area contributed by atoms with Crippen molar-refractivity contribution >= 4 is 35.8 Å². The number of hydrogen-bond acceptors (Lipinski definition) is 0. The summed E-state index contributed by atoms with van der Waals surface area (Å²) in [6.45, 7) is 17.8. The molecule has 0 aromatic rings. The molecule has 0 spiro atoms. The van der Waals surface area contributed by atoms with Crippen LogP contribution in [0.25, 0.3) is 9.30 Å². The summed E-state index contributed by atoms with van der Waals surface area (Å²) in [7, 11) is -1.06. The van der Waals surface area contributed by atoms with E-state index < -0.39 is 0 Å². The largest absolute Gasteiger partial charge is 3.00 e. The predicted molar refractivity (Wildman–Crippen MR) is 83.1 cm³/mol. The van der Waals surface area contributed by atoms with Crippen LogP contribution in [0, 0.1) is 43.0 Å². The van der Waals surface area contributed by atoms with Gasteiger partial charge in [-0.25, -0.2) is 0 Å². The summed E-state index contributed by atoms with van der Waals surface area (Å²) >= 11 is 0. The van der Waals surface area contributed by atoms with E-state index >= 15 is 0 Å². The van der Waals surface area contributed by atoms with E-state index in [1.165, 1.54) is 0 Å². The van der Waals surface area contributed by atoms with Crippen LogP contribution >= 0.6 is 0 Å². The molecule has 0 aliphatic heterocycles. The topological polar surface area (TPSA) is 28.2 Å². The van der Waals surface area contributed by atoms with Crippen molar-refractivity contribution < 1.29 is 35.6 Å². The van der Waals surface area contributed by atoms with E-state index in [1.54, 1.807) is 0 Å². The standard InChI is InChI=1S/2C4H12NSi2.CH3.La/c2*1-6(2)5-7(3)4;;/h2*1-4H3;1H3;/q3*-1;+3. The first-order chi connectivity index (χ1) is 6.25. The van der Waals surface area contributed by atoms with Gasteiger partial charge in [-0.2, -0.15) is 0 Å². The average Bonchev–Trinajstić information content (AvgIpc) is 1.79. The maximum Gasteiger partial charge on any atom is 3.00 e. The van der Waals surface area contributed by atoms with Crippen molar-refractivity contribution in [3.05, 3.63) is 16.7 Å². The van der Waals surface area contributed by atoms with Gasteiger partial charge < -0.3 is 16.7 Å². The molecular weight excluding hydrogens is 387 g/mol. The Bertz CT molecular complexity index is 98.1. The number of nitrogens with zero attached hydrogens (tertiary/aromatic N) is 2. The Balaban J connectivity index is -0.0000000800. The minimum absolute atomic E-state index is 0. The molecule has 0 aliphatic rings. The molecule has 0 saturated heterocycles. The van der Waals surface area contributed by atoms with Gasteiger partial charge in [0.05, 0.1) is 0 Å². The Morgan fingerprint density at radius 2 is 0.625 bits per heavy atom. The second-order valence-corrected chi connectivity index (χ2v) is 13.4. The first-order valence-electron chi connectivity index (χ1n) is 4.89. The fourth-order valence-electron chi connectivity index (χ4n) is 0.894. The van der Waals surface area contributed by atoms with Gasteiger partial charge in [0.2, 0.25) is 0 Å². The summed E-state index contributed by atoms with van der Waals surface area (Å²) in [5.41, 5.74) is 0. The van der Waals surface area contributed by atoms with Gasteiger partial charge in [-0.1, -0.05) is 88.2 Å². The van der Waals surface area contributed by atoms with Crippen LogP contribution in [0.4, 0.5) is 0 Å². The van der Waals surface area contributed by atoms with Crippen molar-refractivity contribution in [2.45, 2.75) is 52.4 Å². The molecule has 16 heavy (non-hydrogen) atoms. The van der Waals surface area contributed by atoms with Crippen LogP contribution in [0.3, 0.4) is 0 Å². The first kappa shape index (κ1) is 26.5. The third-order valence-corrected chi connectivity index (χ3v) is 8.05. The van der Waals surface area contributed by atoms with Gasteiger partial charge in [-0.05, 0) is 0 Å². The van der Waals surface area contributed by atoms with E-state index in [4.69, 9.17) is 0 Å². The van der Waals surface area contributed by atoms with Crippen molar-refractivity contribution in [3.63, 3.8) is 0 Å². The molecule has 0 rings (SSSR count). The van der Waals surface area contributed by atoms with Crippen LogP contribution in [-0.4, -0.2) is 35.8 Å². The molecule has 0 aliphatic carbocycles. The molecule has 0 atom stereocenters. The minimum atomic E-state index is -0.264. The average molecular weight is 415 g/mol. The summed E-state index contributed by atoms with van der Waals surface area (Å²) < 4.78 is 8.96. The Morgan fingerprint density at radius 1 is 0.500 bits per heavy atom. The molecule has 4 radical (unpaired) electrons. The van der Waals surface area contributed by atoms with Gasteiger partial charge in [-0.3, -0.25) is 0 Å². The van der Waals surface area contributed by atoms with Crippen molar-refractivity contribution in [2.75, 3.05) is 0 Å². The third kappa shape index (κ3) is 36.0. The van der Waals surface area contributed by atoms with Crippen LogP contribution in [0.2, 0.25) is 52.4 Å². The van der Waals surface area contributed by atoms with E-state index in [0.29, 0.717) is 0 Å². The minimum Gasteiger partial charge on any atom is -0.673 e. The SMILES string of the molecule is C[Si](C)[N-][Si](C)C.C[Si](C)[N-][Si](C)C.[CH3-].[La+3]. The molecular formula is C9H27LaN2Si4. The van der Waals surface area contributed by atoms with Gasteiger partial charge in [0.25, 0.3) is 0 Å². The molecule has 0 heterocycles. The molecule has 0 N–H and O–H groups in total. The smallest absolute Gasteiger partial charge is 0.673 e. The van der Waals surface area contributed by atoms with Gasteiger partial charge in [0.15, 0.2) is 0 Å². The van der Waals surface area contributed by atoms with Crippen molar-refractivity contribution in [1.82, 2.24) is 0 Å². The van der Waals surface area contributed by atoms with Gasteiger partial charge in [-0.15, -0.1) is 0 Å². The zero-order chi connectivity index (χ0) is 11.7. The fourth-order valence-corrected chi connectivity index (χ4v) is 8.05. The Morgan fingerprint density at radius 3 is 0.625 bits per heavy atom. The Labute approximate surface area is 139 Å². The molecule has 0 fully saturated rings. The second-order valence-electron chi connectivity index (χ2n) is 4.01. The summed E-state index contributed by atoms with van der Waals surface area (Å²) in [6.07, 6.45) is 0. The van der Waals surface area contributed by atoms with Crippen LogP contribution < -0.4 is 0 Å². The fraction of sp³-hybridized carbons (Fsp3) is 0.889. The normalized spacial score (nSPS) is 9.75. The van der Waals surface area contributed by atoms with E-state index in [9.17, 15) is 0 Å². The quantitative estimate of drug-likeness (QED) is 0.488. The Hall–Kier alpha value is 1.98. The van der Waals surface area contributed by atoms with E-state index in [1.807, 2.05) is 0 Å². The van der Waals surface area contributed by atoms with Crippen LogP contribution in [0.15, 0.2) is 0 Å². The molecule has 0 aromatic heterocycles. The first-order valence-corrected chi connectivity index (χ1v) is 14.7. The summed E-state index contributed by atoms with van der Waals surface area (Å²) in [4.78, 5) is 0. The molecule has 7 heteroatoms. The molecule has 0 aromatic carbocycles. The number of hydrogen-bond donors (Lipinski definition) is 0. The monoisotopic (exact) mass is 414 g/mol. The second kappa shape index (κ2) is 17.0. The molecule has 0 saturated carbocycles. The molecule has 2 nitrogen and oxygen atoms in total. The van der Waals surface area contributed by atoms with Crippen molar-refractivity contribution in [3.8, 4) is 0 Å².